The number of rotatable bonds is 7. The van der Waals surface area contributed by atoms with Crippen molar-refractivity contribution in [2.45, 2.75) is 59.0 Å². The maximum absolute atomic E-state index is 15.7. The predicted molar refractivity (Wildman–Crippen MR) is 159 cm³/mol. The summed E-state index contributed by atoms with van der Waals surface area (Å²) in [6, 6.07) is 17.8. The predicted octanol–water partition coefficient (Wildman–Crippen LogP) is 3.06. The summed E-state index contributed by atoms with van der Waals surface area (Å²) in [6.45, 7) is 7.97. The number of halogens is 1. The minimum Gasteiger partial charge on any atom is -1.00 e. The number of ether oxygens (including phenoxy) is 1. The number of nitrogens with zero attached hydrogens (tertiary/aromatic N) is 3. The molecule has 216 valence electrons. The van der Waals surface area contributed by atoms with Crippen molar-refractivity contribution in [3.8, 4) is 34.0 Å². The SMILES string of the molecule is CCCc1nc(C)n(-c2ccc3c(c2)CC(C)(C)O3)c(=O)c1Cc1ccc(-c2ccccc2-c2noc(=O)[nH]2)c(F)c1.[H-].[K+]. The van der Waals surface area contributed by atoms with E-state index in [0.29, 0.717) is 40.1 Å². The third-order valence-electron chi connectivity index (χ3n) is 7.55. The van der Waals surface area contributed by atoms with Crippen molar-refractivity contribution >= 4 is 0 Å². The molecule has 3 heterocycles. The molecule has 5 aromatic rings. The summed E-state index contributed by atoms with van der Waals surface area (Å²) >= 11 is 0. The molecule has 0 saturated heterocycles. The molecule has 10 heteroatoms. The number of hydrogen-bond acceptors (Lipinski definition) is 6. The van der Waals surface area contributed by atoms with Crippen molar-refractivity contribution in [2.75, 3.05) is 0 Å². The molecule has 1 aliphatic rings. The van der Waals surface area contributed by atoms with Gasteiger partial charge >= 0.3 is 57.1 Å². The van der Waals surface area contributed by atoms with Crippen LogP contribution in [0.3, 0.4) is 0 Å². The van der Waals surface area contributed by atoms with Gasteiger partial charge < -0.3 is 6.16 Å². The van der Waals surface area contributed by atoms with Crippen LogP contribution in [0.5, 0.6) is 5.75 Å². The van der Waals surface area contributed by atoms with E-state index in [1.165, 1.54) is 6.07 Å². The summed E-state index contributed by atoms with van der Waals surface area (Å²) < 4.78 is 28.0. The molecular weight excluding hydrogens is 574 g/mol. The molecule has 0 unspecified atom stereocenters. The molecule has 2 aromatic heterocycles. The molecule has 0 saturated carbocycles. The summed E-state index contributed by atoms with van der Waals surface area (Å²) in [5, 5.41) is 3.76. The fourth-order valence-electron chi connectivity index (χ4n) is 5.74. The summed E-state index contributed by atoms with van der Waals surface area (Å²) in [5.41, 5.74) is 4.70. The minimum absolute atomic E-state index is 0. The minimum atomic E-state index is -0.687. The number of fused-ring (bicyclic) bond motifs is 1. The second-order valence-electron chi connectivity index (χ2n) is 11.3. The summed E-state index contributed by atoms with van der Waals surface area (Å²) in [5.74, 6) is 0.514. The van der Waals surface area contributed by atoms with E-state index in [1.54, 1.807) is 34.9 Å². The van der Waals surface area contributed by atoms with Crippen LogP contribution in [0.25, 0.3) is 28.2 Å². The molecule has 0 aliphatic carbocycles. The van der Waals surface area contributed by atoms with Crippen molar-refractivity contribution in [1.82, 2.24) is 19.7 Å². The molecule has 1 N–H and O–H groups in total. The zero-order valence-corrected chi connectivity index (χ0v) is 28.1. The van der Waals surface area contributed by atoms with E-state index >= 15 is 4.39 Å². The molecule has 0 fully saturated rings. The first-order valence-corrected chi connectivity index (χ1v) is 14.0. The number of H-pyrrole nitrogens is 1. The first-order valence-electron chi connectivity index (χ1n) is 14.0. The molecule has 43 heavy (non-hydrogen) atoms. The van der Waals surface area contributed by atoms with E-state index < -0.39 is 11.6 Å². The molecule has 0 spiro atoms. The van der Waals surface area contributed by atoms with Gasteiger partial charge in [0.1, 0.15) is 23.0 Å². The maximum Gasteiger partial charge on any atom is 1.00 e. The average Bonchev–Trinajstić information content (AvgIpc) is 3.51. The zero-order valence-electron chi connectivity index (χ0n) is 26.0. The second kappa shape index (κ2) is 12.5. The van der Waals surface area contributed by atoms with Gasteiger partial charge in [-0.25, -0.2) is 14.2 Å². The molecule has 0 amide bonds. The van der Waals surface area contributed by atoms with E-state index in [2.05, 4.69) is 14.7 Å². The van der Waals surface area contributed by atoms with Gasteiger partial charge in [-0.15, -0.1) is 0 Å². The van der Waals surface area contributed by atoms with E-state index in [-0.39, 0.29) is 76.2 Å². The molecular formula is C33H32FKN4O4. The number of aryl methyl sites for hydroxylation is 2. The van der Waals surface area contributed by atoms with Crippen molar-refractivity contribution < 1.29 is 66.5 Å². The topological polar surface area (TPSA) is 103 Å². The third kappa shape index (κ3) is 6.25. The van der Waals surface area contributed by atoms with Crippen molar-refractivity contribution in [3.05, 3.63) is 116 Å². The smallest absolute Gasteiger partial charge is 1.00 e. The number of nitrogens with one attached hydrogen (secondary N) is 1. The Morgan fingerprint density at radius 3 is 2.51 bits per heavy atom. The van der Waals surface area contributed by atoms with Crippen LogP contribution in [-0.4, -0.2) is 25.3 Å². The van der Waals surface area contributed by atoms with Crippen molar-refractivity contribution in [3.63, 3.8) is 0 Å². The van der Waals surface area contributed by atoms with Crippen LogP contribution in [0, 0.1) is 12.7 Å². The van der Waals surface area contributed by atoms with Gasteiger partial charge in [-0.05, 0) is 62.6 Å². The number of hydrogen-bond donors (Lipinski definition) is 1. The molecule has 0 atom stereocenters. The van der Waals surface area contributed by atoms with Crippen LogP contribution in [0.2, 0.25) is 0 Å². The van der Waals surface area contributed by atoms with Crippen LogP contribution in [0.15, 0.2) is 74.8 Å². The standard InChI is InChI=1S/C33H31FN4O4.K.H/c1-5-8-28-26(31(39)38(19(2)35-28)22-12-14-29-21(17-22)18-33(3,4)41-29)15-20-11-13-24(27(34)16-20)23-9-6-7-10-25(23)30-36-32(40)42-37-30;;/h6-7,9-14,16-17H,5,8,15,18H2,1-4H3,(H,36,37,40);;/q;+1;-1. The first kappa shape index (κ1) is 31.3. The van der Waals surface area contributed by atoms with Crippen LogP contribution in [0.4, 0.5) is 4.39 Å². The Kier molecular flexibility index (Phi) is 9.06. The molecule has 0 bridgehead atoms. The molecule has 1 aliphatic heterocycles. The van der Waals surface area contributed by atoms with Gasteiger partial charge in [0.15, 0.2) is 5.82 Å². The third-order valence-corrected chi connectivity index (χ3v) is 7.55. The molecule has 3 aromatic carbocycles. The Balaban J connectivity index is 0.00000221. The fraction of sp³-hybridized carbons (Fsp3) is 0.273. The van der Waals surface area contributed by atoms with Crippen LogP contribution >= 0.6 is 0 Å². The molecule has 8 nitrogen and oxygen atoms in total. The second-order valence-corrected chi connectivity index (χ2v) is 11.3. The zero-order chi connectivity index (χ0) is 29.6. The Morgan fingerprint density at radius 1 is 1.05 bits per heavy atom. The monoisotopic (exact) mass is 606 g/mol. The Labute approximate surface area is 292 Å². The van der Waals surface area contributed by atoms with Gasteiger partial charge in [-0.3, -0.25) is 18.9 Å². The van der Waals surface area contributed by atoms with Crippen molar-refractivity contribution in [2.24, 2.45) is 0 Å². The number of benzene rings is 3. The Hall–Kier alpha value is -3.15. The largest absolute Gasteiger partial charge is 1.00 e. The van der Waals surface area contributed by atoms with Gasteiger partial charge in [0, 0.05) is 35.1 Å². The van der Waals surface area contributed by atoms with Crippen LogP contribution < -0.4 is 67.4 Å². The van der Waals surface area contributed by atoms with Gasteiger partial charge in [0.2, 0.25) is 0 Å². The number of aromatic nitrogens is 4. The van der Waals surface area contributed by atoms with E-state index in [4.69, 9.17) is 9.72 Å². The summed E-state index contributed by atoms with van der Waals surface area (Å²) in [4.78, 5) is 32.9. The summed E-state index contributed by atoms with van der Waals surface area (Å²) in [6.07, 6.45) is 2.45. The fourth-order valence-corrected chi connectivity index (χ4v) is 5.74. The molecule has 0 radical (unpaired) electrons. The van der Waals surface area contributed by atoms with E-state index in [9.17, 15) is 9.59 Å². The van der Waals surface area contributed by atoms with Gasteiger partial charge in [0.25, 0.3) is 5.56 Å². The van der Waals surface area contributed by atoms with E-state index in [0.717, 1.165) is 35.5 Å². The van der Waals surface area contributed by atoms with Crippen LogP contribution in [0.1, 0.15) is 56.8 Å². The Bertz CT molecular complexity index is 1950. The van der Waals surface area contributed by atoms with E-state index in [1.807, 2.05) is 52.0 Å². The average molecular weight is 607 g/mol. The normalized spacial score (nSPS) is 13.3. The van der Waals surface area contributed by atoms with Gasteiger partial charge in [0.05, 0.1) is 11.4 Å². The first-order chi connectivity index (χ1) is 20.1. The maximum atomic E-state index is 15.7. The summed E-state index contributed by atoms with van der Waals surface area (Å²) in [7, 11) is 0. The van der Waals surface area contributed by atoms with Gasteiger partial charge in [-0.1, -0.05) is 54.9 Å². The number of aromatic amines is 1. The van der Waals surface area contributed by atoms with Gasteiger partial charge in [-0.2, -0.15) is 0 Å². The van der Waals surface area contributed by atoms with Crippen molar-refractivity contribution in [1.29, 1.82) is 0 Å². The van der Waals surface area contributed by atoms with Crippen LogP contribution in [-0.2, 0) is 19.3 Å². The molecule has 6 rings (SSSR count). The Morgan fingerprint density at radius 2 is 1.81 bits per heavy atom. The quantitative estimate of drug-likeness (QED) is 0.286.